The highest BCUT2D eigenvalue weighted by Crippen LogP contribution is 2.28. The van der Waals surface area contributed by atoms with Gasteiger partial charge in [-0.2, -0.15) is 5.10 Å². The van der Waals surface area contributed by atoms with E-state index in [2.05, 4.69) is 21.0 Å². The Labute approximate surface area is 114 Å². The first-order valence-electron chi connectivity index (χ1n) is 5.74. The highest BCUT2D eigenvalue weighted by Gasteiger charge is 2.09. The van der Waals surface area contributed by atoms with Crippen LogP contribution in [0.15, 0.2) is 41.1 Å². The molecule has 96 valence electrons. The molecule has 0 aliphatic carbocycles. The van der Waals surface area contributed by atoms with E-state index in [1.54, 1.807) is 17.8 Å². The molecule has 5 heteroatoms. The van der Waals surface area contributed by atoms with E-state index in [1.165, 1.54) is 0 Å². The largest absolute Gasteiger partial charge is 0.491 e. The highest BCUT2D eigenvalue weighted by molar-refractivity contribution is 9.10. The SMILES string of the molecule is C[C@@H](O)c1ccc(Br)cc1OCCn1cccn1. The van der Waals surface area contributed by atoms with Crippen molar-refractivity contribution in [2.24, 2.45) is 0 Å². The maximum absolute atomic E-state index is 9.67. The van der Waals surface area contributed by atoms with E-state index in [0.29, 0.717) is 18.9 Å². The van der Waals surface area contributed by atoms with Gasteiger partial charge in [-0.1, -0.05) is 22.0 Å². The van der Waals surface area contributed by atoms with Crippen molar-refractivity contribution in [3.8, 4) is 5.75 Å². The van der Waals surface area contributed by atoms with Gasteiger partial charge in [-0.05, 0) is 25.1 Å². The van der Waals surface area contributed by atoms with Gasteiger partial charge in [-0.25, -0.2) is 0 Å². The maximum Gasteiger partial charge on any atom is 0.126 e. The van der Waals surface area contributed by atoms with Gasteiger partial charge in [0.1, 0.15) is 12.4 Å². The van der Waals surface area contributed by atoms with Crippen LogP contribution in [0.5, 0.6) is 5.75 Å². The molecule has 0 amide bonds. The zero-order valence-corrected chi connectivity index (χ0v) is 11.7. The van der Waals surface area contributed by atoms with Gasteiger partial charge in [-0.3, -0.25) is 4.68 Å². The van der Waals surface area contributed by atoms with Gasteiger partial charge in [0.15, 0.2) is 0 Å². The molecule has 1 heterocycles. The minimum absolute atomic E-state index is 0.512. The lowest BCUT2D eigenvalue weighted by Gasteiger charge is -2.13. The summed E-state index contributed by atoms with van der Waals surface area (Å²) >= 11 is 3.40. The Bertz CT molecular complexity index is 498. The maximum atomic E-state index is 9.67. The Hall–Kier alpha value is -1.33. The van der Waals surface area contributed by atoms with Crippen molar-refractivity contribution in [2.45, 2.75) is 19.6 Å². The fraction of sp³-hybridized carbons (Fsp3) is 0.308. The Balaban J connectivity index is 2.01. The van der Waals surface area contributed by atoms with Crippen LogP contribution in [-0.4, -0.2) is 21.5 Å². The normalized spacial score (nSPS) is 12.4. The topological polar surface area (TPSA) is 47.3 Å². The van der Waals surface area contributed by atoms with Crippen molar-refractivity contribution in [1.29, 1.82) is 0 Å². The molecule has 0 unspecified atom stereocenters. The predicted molar refractivity (Wildman–Crippen MR) is 72.5 cm³/mol. The molecule has 1 N–H and O–H groups in total. The first kappa shape index (κ1) is 13.1. The molecule has 0 radical (unpaired) electrons. The van der Waals surface area contributed by atoms with E-state index in [-0.39, 0.29) is 0 Å². The van der Waals surface area contributed by atoms with Crippen molar-refractivity contribution >= 4 is 15.9 Å². The summed E-state index contributed by atoms with van der Waals surface area (Å²) in [5.74, 6) is 0.700. The molecule has 2 aromatic rings. The van der Waals surface area contributed by atoms with Gasteiger partial charge < -0.3 is 9.84 Å². The van der Waals surface area contributed by atoms with E-state index in [0.717, 1.165) is 10.0 Å². The number of aromatic nitrogens is 2. The average molecular weight is 311 g/mol. The minimum Gasteiger partial charge on any atom is -0.491 e. The third-order valence-corrected chi connectivity index (χ3v) is 3.06. The summed E-state index contributed by atoms with van der Waals surface area (Å²) in [4.78, 5) is 0. The van der Waals surface area contributed by atoms with Crippen LogP contribution in [0.25, 0.3) is 0 Å². The fourth-order valence-corrected chi connectivity index (χ4v) is 2.00. The number of hydrogen-bond acceptors (Lipinski definition) is 3. The number of aliphatic hydroxyl groups excluding tert-OH is 1. The molecule has 0 spiro atoms. The molecule has 0 aliphatic rings. The van der Waals surface area contributed by atoms with Crippen molar-refractivity contribution in [1.82, 2.24) is 9.78 Å². The van der Waals surface area contributed by atoms with E-state index in [1.807, 2.05) is 30.5 Å². The number of hydrogen-bond donors (Lipinski definition) is 1. The predicted octanol–water partition coefficient (Wildman–Crippen LogP) is 2.78. The molecule has 1 atom stereocenters. The van der Waals surface area contributed by atoms with Crippen molar-refractivity contribution in [2.75, 3.05) is 6.61 Å². The van der Waals surface area contributed by atoms with Crippen molar-refractivity contribution in [3.05, 3.63) is 46.7 Å². The second kappa shape index (κ2) is 6.02. The number of aliphatic hydroxyl groups is 1. The van der Waals surface area contributed by atoms with Crippen LogP contribution in [-0.2, 0) is 6.54 Å². The molecule has 0 fully saturated rings. The summed E-state index contributed by atoms with van der Waals surface area (Å²) in [7, 11) is 0. The van der Waals surface area contributed by atoms with Crippen LogP contribution >= 0.6 is 15.9 Å². The van der Waals surface area contributed by atoms with Gasteiger partial charge in [0.2, 0.25) is 0 Å². The molecule has 4 nitrogen and oxygen atoms in total. The molecule has 1 aromatic heterocycles. The number of halogens is 1. The molecule has 0 saturated heterocycles. The molecule has 18 heavy (non-hydrogen) atoms. The lowest BCUT2D eigenvalue weighted by atomic mass is 10.1. The smallest absolute Gasteiger partial charge is 0.126 e. The van der Waals surface area contributed by atoms with E-state index < -0.39 is 6.10 Å². The molecule has 2 rings (SSSR count). The third kappa shape index (κ3) is 3.34. The van der Waals surface area contributed by atoms with Gasteiger partial charge >= 0.3 is 0 Å². The lowest BCUT2D eigenvalue weighted by molar-refractivity contribution is 0.190. The Morgan fingerprint density at radius 1 is 1.50 bits per heavy atom. The molecule has 0 aliphatic heterocycles. The molecule has 0 bridgehead atoms. The van der Waals surface area contributed by atoms with Gasteiger partial charge in [0, 0.05) is 22.4 Å². The summed E-state index contributed by atoms with van der Waals surface area (Å²) in [6.45, 7) is 2.92. The average Bonchev–Trinajstić information content (AvgIpc) is 2.82. The second-order valence-corrected chi connectivity index (χ2v) is 4.89. The lowest BCUT2D eigenvalue weighted by Crippen LogP contribution is -2.10. The summed E-state index contributed by atoms with van der Waals surface area (Å²) in [6, 6.07) is 7.49. The van der Waals surface area contributed by atoms with E-state index >= 15 is 0 Å². The monoisotopic (exact) mass is 310 g/mol. The Morgan fingerprint density at radius 3 is 3.00 bits per heavy atom. The summed E-state index contributed by atoms with van der Waals surface area (Å²) < 4.78 is 8.44. The van der Waals surface area contributed by atoms with Gasteiger partial charge in [-0.15, -0.1) is 0 Å². The summed E-state index contributed by atoms with van der Waals surface area (Å²) in [6.07, 6.45) is 3.08. The minimum atomic E-state index is -0.544. The molecule has 1 aromatic carbocycles. The number of nitrogens with zero attached hydrogens (tertiary/aromatic N) is 2. The molecular formula is C13H15BrN2O2. The molecule has 0 saturated carbocycles. The first-order chi connectivity index (χ1) is 8.66. The van der Waals surface area contributed by atoms with Crippen LogP contribution in [0.3, 0.4) is 0 Å². The second-order valence-electron chi connectivity index (χ2n) is 3.98. The van der Waals surface area contributed by atoms with Crippen molar-refractivity contribution < 1.29 is 9.84 Å². The standard InChI is InChI=1S/C13H15BrN2O2/c1-10(17)12-4-3-11(14)9-13(12)18-8-7-16-6-2-5-15-16/h2-6,9-10,17H,7-8H2,1H3/t10-/m1/s1. The van der Waals surface area contributed by atoms with Crippen LogP contribution in [0.4, 0.5) is 0 Å². The van der Waals surface area contributed by atoms with Gasteiger partial charge in [0.05, 0.1) is 12.6 Å². The van der Waals surface area contributed by atoms with Gasteiger partial charge in [0.25, 0.3) is 0 Å². The third-order valence-electron chi connectivity index (χ3n) is 2.56. The van der Waals surface area contributed by atoms with Crippen LogP contribution in [0, 0.1) is 0 Å². The van der Waals surface area contributed by atoms with Crippen LogP contribution in [0.1, 0.15) is 18.6 Å². The first-order valence-corrected chi connectivity index (χ1v) is 6.54. The van der Waals surface area contributed by atoms with E-state index in [4.69, 9.17) is 4.74 Å². The van der Waals surface area contributed by atoms with Crippen molar-refractivity contribution in [3.63, 3.8) is 0 Å². The summed E-state index contributed by atoms with van der Waals surface area (Å²) in [5.41, 5.74) is 0.790. The van der Waals surface area contributed by atoms with E-state index in [9.17, 15) is 5.11 Å². The fourth-order valence-electron chi connectivity index (χ4n) is 1.66. The van der Waals surface area contributed by atoms with Crippen LogP contribution < -0.4 is 4.74 Å². The quantitative estimate of drug-likeness (QED) is 0.923. The summed E-state index contributed by atoms with van der Waals surface area (Å²) in [5, 5.41) is 13.8. The van der Waals surface area contributed by atoms with Crippen LogP contribution in [0.2, 0.25) is 0 Å². The zero-order chi connectivity index (χ0) is 13.0. The highest BCUT2D eigenvalue weighted by atomic mass is 79.9. The number of benzene rings is 1. The number of rotatable bonds is 5. The molecular weight excluding hydrogens is 296 g/mol. The zero-order valence-electron chi connectivity index (χ0n) is 10.1. The number of ether oxygens (including phenoxy) is 1. The Kier molecular flexibility index (Phi) is 4.38. The Morgan fingerprint density at radius 2 is 2.33 bits per heavy atom.